The SMILES string of the molecule is Oc1ccccc1-c1nnc(Cc2ccccc2)o1.[Zn]. The molecule has 0 aliphatic heterocycles. The van der Waals surface area contributed by atoms with Crippen LogP contribution in [0.3, 0.4) is 0 Å². The van der Waals surface area contributed by atoms with Crippen LogP contribution < -0.4 is 0 Å². The molecular formula is C15H12N2O2Zn. The van der Waals surface area contributed by atoms with Crippen LogP contribution in [0.5, 0.6) is 5.75 Å². The van der Waals surface area contributed by atoms with Gasteiger partial charge in [0.25, 0.3) is 5.89 Å². The number of phenols is 1. The minimum atomic E-state index is 0. The van der Waals surface area contributed by atoms with Crippen molar-refractivity contribution in [3.05, 3.63) is 66.1 Å². The zero-order chi connectivity index (χ0) is 13.1. The topological polar surface area (TPSA) is 59.2 Å². The Morgan fingerprint density at radius 1 is 0.900 bits per heavy atom. The van der Waals surface area contributed by atoms with Gasteiger partial charge >= 0.3 is 0 Å². The molecule has 0 spiro atoms. The molecule has 0 saturated carbocycles. The Morgan fingerprint density at radius 2 is 1.60 bits per heavy atom. The minimum Gasteiger partial charge on any atom is -0.507 e. The summed E-state index contributed by atoms with van der Waals surface area (Å²) in [5.74, 6) is 1.01. The molecule has 0 radical (unpaired) electrons. The van der Waals surface area contributed by atoms with E-state index in [4.69, 9.17) is 4.42 Å². The molecule has 20 heavy (non-hydrogen) atoms. The maximum absolute atomic E-state index is 9.74. The van der Waals surface area contributed by atoms with Crippen LogP contribution in [0.1, 0.15) is 11.5 Å². The summed E-state index contributed by atoms with van der Waals surface area (Å²) in [7, 11) is 0. The maximum atomic E-state index is 9.74. The molecule has 1 heterocycles. The van der Waals surface area contributed by atoms with E-state index in [0.29, 0.717) is 23.8 Å². The van der Waals surface area contributed by atoms with Gasteiger partial charge in [-0.1, -0.05) is 42.5 Å². The average Bonchev–Trinajstić information content (AvgIpc) is 2.89. The Labute approximate surface area is 129 Å². The van der Waals surface area contributed by atoms with Crippen molar-refractivity contribution in [3.63, 3.8) is 0 Å². The summed E-state index contributed by atoms with van der Waals surface area (Å²) in [6, 6.07) is 16.8. The normalized spacial score (nSPS) is 10.0. The summed E-state index contributed by atoms with van der Waals surface area (Å²) in [5, 5.41) is 17.7. The fourth-order valence-corrected chi connectivity index (χ4v) is 1.86. The Balaban J connectivity index is 0.00000147. The molecule has 4 nitrogen and oxygen atoms in total. The molecule has 96 valence electrons. The van der Waals surface area contributed by atoms with Crippen LogP contribution in [0.4, 0.5) is 0 Å². The molecular weight excluding hydrogens is 306 g/mol. The number of hydrogen-bond donors (Lipinski definition) is 1. The molecule has 0 amide bonds. The van der Waals surface area contributed by atoms with Crippen LogP contribution in [0.2, 0.25) is 0 Å². The monoisotopic (exact) mass is 316 g/mol. The van der Waals surface area contributed by atoms with Gasteiger partial charge in [-0.15, -0.1) is 10.2 Å². The van der Waals surface area contributed by atoms with Crippen molar-refractivity contribution in [3.8, 4) is 17.2 Å². The van der Waals surface area contributed by atoms with Gasteiger partial charge in [-0.2, -0.15) is 0 Å². The first kappa shape index (κ1) is 14.4. The molecule has 0 aliphatic rings. The standard InChI is InChI=1S/C15H12N2O2.Zn/c18-13-9-5-4-8-12(13)15-17-16-14(19-15)10-11-6-2-1-3-7-11;/h1-9,18H,10H2;. The number of aromatic nitrogens is 2. The predicted octanol–water partition coefficient (Wildman–Crippen LogP) is 3.03. The summed E-state index contributed by atoms with van der Waals surface area (Å²) in [4.78, 5) is 0. The second kappa shape index (κ2) is 6.44. The van der Waals surface area contributed by atoms with Gasteiger partial charge in [0.1, 0.15) is 5.75 Å². The van der Waals surface area contributed by atoms with E-state index in [-0.39, 0.29) is 25.2 Å². The van der Waals surface area contributed by atoms with Crippen molar-refractivity contribution in [1.82, 2.24) is 10.2 Å². The summed E-state index contributed by atoms with van der Waals surface area (Å²) in [6.07, 6.45) is 0.585. The van der Waals surface area contributed by atoms with Gasteiger partial charge in [-0.05, 0) is 17.7 Å². The van der Waals surface area contributed by atoms with Gasteiger partial charge in [-0.25, -0.2) is 0 Å². The van der Waals surface area contributed by atoms with Crippen LogP contribution in [0, 0.1) is 0 Å². The molecule has 0 atom stereocenters. The van der Waals surface area contributed by atoms with Gasteiger partial charge in [-0.3, -0.25) is 0 Å². The number of hydrogen-bond acceptors (Lipinski definition) is 4. The first-order valence-corrected chi connectivity index (χ1v) is 5.97. The summed E-state index contributed by atoms with van der Waals surface area (Å²) in [6.45, 7) is 0. The van der Waals surface area contributed by atoms with Gasteiger partial charge in [0, 0.05) is 19.5 Å². The third-order valence-corrected chi connectivity index (χ3v) is 2.80. The van der Waals surface area contributed by atoms with Gasteiger partial charge in [0.2, 0.25) is 5.89 Å². The zero-order valence-electron chi connectivity index (χ0n) is 10.9. The van der Waals surface area contributed by atoms with Crippen LogP contribution >= 0.6 is 0 Å². The van der Waals surface area contributed by atoms with Crippen LogP contribution in [0.15, 0.2) is 59.0 Å². The Bertz CT molecular complexity index is 683. The van der Waals surface area contributed by atoms with Crippen molar-refractivity contribution in [2.75, 3.05) is 0 Å². The van der Waals surface area contributed by atoms with Crippen molar-refractivity contribution in [2.45, 2.75) is 6.42 Å². The van der Waals surface area contributed by atoms with E-state index < -0.39 is 0 Å². The number of benzene rings is 2. The molecule has 0 bridgehead atoms. The number of rotatable bonds is 3. The van der Waals surface area contributed by atoms with Crippen LogP contribution in [-0.2, 0) is 25.9 Å². The molecule has 0 aliphatic carbocycles. The van der Waals surface area contributed by atoms with Crippen molar-refractivity contribution < 1.29 is 29.0 Å². The summed E-state index contributed by atoms with van der Waals surface area (Å²) < 4.78 is 5.57. The van der Waals surface area contributed by atoms with E-state index in [9.17, 15) is 5.11 Å². The van der Waals surface area contributed by atoms with Crippen molar-refractivity contribution in [1.29, 1.82) is 0 Å². The van der Waals surface area contributed by atoms with E-state index in [0.717, 1.165) is 5.56 Å². The molecule has 2 aromatic carbocycles. The number of para-hydroxylation sites is 1. The molecule has 1 aromatic heterocycles. The number of phenolic OH excluding ortho intramolecular Hbond substituents is 1. The second-order valence-electron chi connectivity index (χ2n) is 4.18. The van der Waals surface area contributed by atoms with E-state index in [1.807, 2.05) is 36.4 Å². The molecule has 3 aromatic rings. The van der Waals surface area contributed by atoms with E-state index in [1.54, 1.807) is 18.2 Å². The Morgan fingerprint density at radius 3 is 2.35 bits per heavy atom. The molecule has 0 unspecified atom stereocenters. The van der Waals surface area contributed by atoms with E-state index >= 15 is 0 Å². The third-order valence-electron chi connectivity index (χ3n) is 2.80. The Kier molecular flexibility index (Phi) is 4.64. The summed E-state index contributed by atoms with van der Waals surface area (Å²) >= 11 is 0. The Hall–Kier alpha value is -2.00. The predicted molar refractivity (Wildman–Crippen MR) is 70.6 cm³/mol. The first-order valence-electron chi connectivity index (χ1n) is 5.97. The van der Waals surface area contributed by atoms with Crippen LogP contribution in [-0.4, -0.2) is 15.3 Å². The zero-order valence-corrected chi connectivity index (χ0v) is 13.8. The number of nitrogens with zero attached hydrogens (tertiary/aromatic N) is 2. The van der Waals surface area contributed by atoms with Crippen LogP contribution in [0.25, 0.3) is 11.5 Å². The number of aromatic hydroxyl groups is 1. The van der Waals surface area contributed by atoms with Gasteiger partial charge in [0.15, 0.2) is 0 Å². The van der Waals surface area contributed by atoms with Crippen molar-refractivity contribution in [2.24, 2.45) is 0 Å². The molecule has 1 N–H and O–H groups in total. The summed E-state index contributed by atoms with van der Waals surface area (Å²) in [5.41, 5.74) is 1.66. The molecule has 5 heteroatoms. The smallest absolute Gasteiger partial charge is 0.251 e. The quantitative estimate of drug-likeness (QED) is 0.754. The molecule has 0 fully saturated rings. The van der Waals surface area contributed by atoms with Crippen molar-refractivity contribution >= 4 is 0 Å². The third kappa shape index (κ3) is 3.12. The fourth-order valence-electron chi connectivity index (χ4n) is 1.86. The van der Waals surface area contributed by atoms with E-state index in [2.05, 4.69) is 10.2 Å². The van der Waals surface area contributed by atoms with Gasteiger partial charge < -0.3 is 9.52 Å². The average molecular weight is 318 g/mol. The fraction of sp³-hybridized carbons (Fsp3) is 0.0667. The molecule has 3 rings (SSSR count). The first-order chi connectivity index (χ1) is 9.33. The maximum Gasteiger partial charge on any atom is 0.251 e. The van der Waals surface area contributed by atoms with E-state index in [1.165, 1.54) is 0 Å². The largest absolute Gasteiger partial charge is 0.507 e. The van der Waals surface area contributed by atoms with Gasteiger partial charge in [0.05, 0.1) is 12.0 Å². The molecule has 0 saturated heterocycles. The second-order valence-corrected chi connectivity index (χ2v) is 4.18. The minimum absolute atomic E-state index is 0.